The van der Waals surface area contributed by atoms with Gasteiger partial charge in [-0.05, 0) is 62.9 Å². The first-order valence-electron chi connectivity index (χ1n) is 12.8. The van der Waals surface area contributed by atoms with E-state index in [2.05, 4.69) is 36.9 Å². The van der Waals surface area contributed by atoms with Crippen molar-refractivity contribution in [3.05, 3.63) is 63.9 Å². The number of anilines is 2. The first-order chi connectivity index (χ1) is 17.0. The van der Waals surface area contributed by atoms with E-state index in [0.29, 0.717) is 18.9 Å². The standard InChI is InChI=1S/C28H35N5O2/c1-4-33-25-12-6-5-11-23(25)29-26(28(33)35)32-14-8-10-22(19-32)27(34)31-17-15-30(16-18-31)24-13-7-9-20(2)21(24)3/h5-7,9,11-13,22H,4,8,10,14-19H2,1-3H3/t22-/m0/s1. The molecule has 2 aliphatic rings. The fourth-order valence-corrected chi connectivity index (χ4v) is 5.57. The molecule has 3 aromatic rings. The summed E-state index contributed by atoms with van der Waals surface area (Å²) >= 11 is 0. The molecule has 7 nitrogen and oxygen atoms in total. The molecule has 1 amide bonds. The minimum Gasteiger partial charge on any atom is -0.368 e. The molecule has 2 aliphatic heterocycles. The van der Waals surface area contributed by atoms with Gasteiger partial charge in [0, 0.05) is 51.5 Å². The number of nitrogens with zero attached hydrogens (tertiary/aromatic N) is 5. The first-order valence-corrected chi connectivity index (χ1v) is 12.8. The highest BCUT2D eigenvalue weighted by Gasteiger charge is 2.33. The lowest BCUT2D eigenvalue weighted by molar-refractivity contribution is -0.136. The molecule has 0 N–H and O–H groups in total. The second kappa shape index (κ2) is 9.72. The quantitative estimate of drug-likeness (QED) is 0.580. The Labute approximate surface area is 207 Å². The SMILES string of the molecule is CCn1c(=O)c(N2CCC[C@H](C(=O)N3CCN(c4cccc(C)c4C)CC3)C2)nc2ccccc21. The molecule has 1 aromatic heterocycles. The van der Waals surface area contributed by atoms with Gasteiger partial charge in [0.2, 0.25) is 5.91 Å². The van der Waals surface area contributed by atoms with E-state index in [1.807, 2.05) is 41.0 Å². The number of piperidine rings is 1. The van der Waals surface area contributed by atoms with Crippen molar-refractivity contribution in [3.63, 3.8) is 0 Å². The Hall–Kier alpha value is -3.35. The highest BCUT2D eigenvalue weighted by Crippen LogP contribution is 2.26. The third kappa shape index (κ3) is 4.40. The molecule has 0 bridgehead atoms. The lowest BCUT2D eigenvalue weighted by Gasteiger charge is -2.40. The fourth-order valence-electron chi connectivity index (χ4n) is 5.57. The third-order valence-electron chi connectivity index (χ3n) is 7.73. The van der Waals surface area contributed by atoms with Gasteiger partial charge in [0.15, 0.2) is 5.82 Å². The molecule has 0 aliphatic carbocycles. The van der Waals surface area contributed by atoms with Crippen LogP contribution in [0.1, 0.15) is 30.9 Å². The van der Waals surface area contributed by atoms with E-state index in [4.69, 9.17) is 4.98 Å². The molecule has 2 aromatic carbocycles. The van der Waals surface area contributed by atoms with Crippen molar-refractivity contribution in [2.45, 2.75) is 40.2 Å². The summed E-state index contributed by atoms with van der Waals surface area (Å²) < 4.78 is 1.79. The molecule has 7 heteroatoms. The Balaban J connectivity index is 1.29. The van der Waals surface area contributed by atoms with Crippen LogP contribution in [-0.4, -0.2) is 59.6 Å². The minimum atomic E-state index is -0.0984. The van der Waals surface area contributed by atoms with E-state index in [0.717, 1.165) is 56.6 Å². The number of carbonyl (C=O) groups excluding carboxylic acids is 1. The number of fused-ring (bicyclic) bond motifs is 1. The highest BCUT2D eigenvalue weighted by atomic mass is 16.2. The summed E-state index contributed by atoms with van der Waals surface area (Å²) in [7, 11) is 0. The van der Waals surface area contributed by atoms with Crippen molar-refractivity contribution < 1.29 is 4.79 Å². The maximum atomic E-state index is 13.5. The van der Waals surface area contributed by atoms with Gasteiger partial charge >= 0.3 is 0 Å². The summed E-state index contributed by atoms with van der Waals surface area (Å²) in [6.45, 7) is 11.4. The maximum Gasteiger partial charge on any atom is 0.293 e. The summed E-state index contributed by atoms with van der Waals surface area (Å²) in [5.74, 6) is 0.591. The Bertz CT molecular complexity index is 1290. The van der Waals surface area contributed by atoms with Gasteiger partial charge in [-0.25, -0.2) is 4.98 Å². The lowest BCUT2D eigenvalue weighted by Crippen LogP contribution is -2.53. The van der Waals surface area contributed by atoms with Crippen LogP contribution in [0.2, 0.25) is 0 Å². The second-order valence-electron chi connectivity index (χ2n) is 9.79. The number of aromatic nitrogens is 2. The number of benzene rings is 2. The van der Waals surface area contributed by atoms with Crippen LogP contribution in [-0.2, 0) is 11.3 Å². The highest BCUT2D eigenvalue weighted by molar-refractivity contribution is 5.80. The van der Waals surface area contributed by atoms with Crippen molar-refractivity contribution >= 4 is 28.4 Å². The average Bonchev–Trinajstić information content (AvgIpc) is 2.90. The number of hydrogen-bond acceptors (Lipinski definition) is 5. The van der Waals surface area contributed by atoms with Gasteiger partial charge in [0.05, 0.1) is 17.0 Å². The summed E-state index contributed by atoms with van der Waals surface area (Å²) in [6.07, 6.45) is 1.75. The Morgan fingerprint density at radius 3 is 2.51 bits per heavy atom. The number of amides is 1. The number of aryl methyl sites for hydroxylation is 2. The van der Waals surface area contributed by atoms with Crippen LogP contribution in [0.5, 0.6) is 0 Å². The zero-order chi connectivity index (χ0) is 24.5. The zero-order valence-electron chi connectivity index (χ0n) is 21.0. The maximum absolute atomic E-state index is 13.5. The van der Waals surface area contributed by atoms with Crippen LogP contribution in [0.4, 0.5) is 11.5 Å². The summed E-state index contributed by atoms with van der Waals surface area (Å²) in [6, 6.07) is 14.2. The van der Waals surface area contributed by atoms with Crippen LogP contribution in [0.3, 0.4) is 0 Å². The van der Waals surface area contributed by atoms with E-state index in [9.17, 15) is 9.59 Å². The number of rotatable bonds is 4. The van der Waals surface area contributed by atoms with Crippen LogP contribution in [0, 0.1) is 19.8 Å². The van der Waals surface area contributed by atoms with Crippen molar-refractivity contribution in [1.29, 1.82) is 0 Å². The van der Waals surface area contributed by atoms with Crippen molar-refractivity contribution in [1.82, 2.24) is 14.5 Å². The van der Waals surface area contributed by atoms with Gasteiger partial charge in [-0.2, -0.15) is 0 Å². The van der Waals surface area contributed by atoms with Crippen LogP contribution in [0.25, 0.3) is 11.0 Å². The van der Waals surface area contributed by atoms with Crippen molar-refractivity contribution in [2.24, 2.45) is 5.92 Å². The van der Waals surface area contributed by atoms with Crippen molar-refractivity contribution in [2.75, 3.05) is 49.1 Å². The predicted molar refractivity (Wildman–Crippen MR) is 141 cm³/mol. The zero-order valence-corrected chi connectivity index (χ0v) is 21.0. The Kier molecular flexibility index (Phi) is 6.50. The van der Waals surface area contributed by atoms with Gasteiger partial charge in [0.1, 0.15) is 0 Å². The minimum absolute atomic E-state index is 0.0681. The predicted octanol–water partition coefficient (Wildman–Crippen LogP) is 3.60. The number of piperazine rings is 1. The number of hydrogen-bond donors (Lipinski definition) is 0. The monoisotopic (exact) mass is 473 g/mol. The van der Waals surface area contributed by atoms with Gasteiger partial charge in [0.25, 0.3) is 5.56 Å². The van der Waals surface area contributed by atoms with Gasteiger partial charge in [-0.3, -0.25) is 9.59 Å². The molecule has 0 radical (unpaired) electrons. The van der Waals surface area contributed by atoms with Crippen LogP contribution in [0.15, 0.2) is 47.3 Å². The molecule has 1 atom stereocenters. The van der Waals surface area contributed by atoms with E-state index in [1.165, 1.54) is 16.8 Å². The van der Waals surface area contributed by atoms with Crippen molar-refractivity contribution in [3.8, 4) is 0 Å². The molecule has 2 saturated heterocycles. The van der Waals surface area contributed by atoms with E-state index in [-0.39, 0.29) is 17.4 Å². The smallest absolute Gasteiger partial charge is 0.293 e. The second-order valence-corrected chi connectivity index (χ2v) is 9.79. The lowest BCUT2D eigenvalue weighted by atomic mass is 9.96. The van der Waals surface area contributed by atoms with E-state index < -0.39 is 0 Å². The van der Waals surface area contributed by atoms with E-state index in [1.54, 1.807) is 4.57 Å². The fraction of sp³-hybridized carbons (Fsp3) is 0.464. The summed E-state index contributed by atoms with van der Waals surface area (Å²) in [4.78, 5) is 38.0. The normalized spacial score (nSPS) is 18.8. The van der Waals surface area contributed by atoms with Crippen LogP contribution >= 0.6 is 0 Å². The number of carbonyl (C=O) groups is 1. The largest absolute Gasteiger partial charge is 0.368 e. The molecular weight excluding hydrogens is 438 g/mol. The van der Waals surface area contributed by atoms with Gasteiger partial charge in [-0.15, -0.1) is 0 Å². The molecule has 35 heavy (non-hydrogen) atoms. The molecule has 2 fully saturated rings. The molecule has 3 heterocycles. The summed E-state index contributed by atoms with van der Waals surface area (Å²) in [5, 5.41) is 0. The van der Waals surface area contributed by atoms with Gasteiger partial charge in [-0.1, -0.05) is 24.3 Å². The molecular formula is C28H35N5O2. The molecule has 0 unspecified atom stereocenters. The summed E-state index contributed by atoms with van der Waals surface area (Å²) in [5.41, 5.74) is 5.50. The van der Waals surface area contributed by atoms with E-state index >= 15 is 0 Å². The molecule has 0 spiro atoms. The van der Waals surface area contributed by atoms with Gasteiger partial charge < -0.3 is 19.3 Å². The number of para-hydroxylation sites is 2. The molecule has 0 saturated carbocycles. The Morgan fingerprint density at radius 2 is 1.74 bits per heavy atom. The average molecular weight is 474 g/mol. The topological polar surface area (TPSA) is 61.7 Å². The Morgan fingerprint density at radius 1 is 0.971 bits per heavy atom. The van der Waals surface area contributed by atoms with Crippen LogP contribution < -0.4 is 15.4 Å². The molecule has 5 rings (SSSR count). The molecule has 184 valence electrons. The first kappa shape index (κ1) is 23.4. The third-order valence-corrected chi connectivity index (χ3v) is 7.73.